The van der Waals surface area contributed by atoms with E-state index in [1.54, 1.807) is 0 Å². The Morgan fingerprint density at radius 3 is 1.92 bits per heavy atom. The predicted octanol–water partition coefficient (Wildman–Crippen LogP) is 7.24. The van der Waals surface area contributed by atoms with Gasteiger partial charge in [-0.1, -0.05) is 48.5 Å². The summed E-state index contributed by atoms with van der Waals surface area (Å²) >= 11 is 0. The van der Waals surface area contributed by atoms with Gasteiger partial charge in [0.05, 0.1) is 0 Å². The quantitative estimate of drug-likeness (QED) is 0.340. The van der Waals surface area contributed by atoms with Crippen molar-refractivity contribution in [3.8, 4) is 16.9 Å². The van der Waals surface area contributed by atoms with E-state index < -0.39 is 0 Å². The first-order chi connectivity index (χ1) is 18.3. The van der Waals surface area contributed by atoms with Gasteiger partial charge >= 0.3 is 6.09 Å². The molecule has 3 aliphatic rings. The molecule has 0 saturated carbocycles. The molecular weight excluding hydrogens is 474 g/mol. The Bertz CT molecular complexity index is 1300. The molecule has 2 aliphatic heterocycles. The lowest BCUT2D eigenvalue weighted by atomic mass is 9.85. The third-order valence-corrected chi connectivity index (χ3v) is 8.21. The number of Topliss-reactive ketones (excluding diaryl/α,β-unsaturated/α-hetero) is 1. The van der Waals surface area contributed by atoms with Gasteiger partial charge in [0.25, 0.3) is 0 Å². The molecule has 196 valence electrons. The van der Waals surface area contributed by atoms with Gasteiger partial charge in [-0.3, -0.25) is 4.79 Å². The van der Waals surface area contributed by atoms with Crippen molar-refractivity contribution in [2.45, 2.75) is 70.1 Å². The predicted molar refractivity (Wildman–Crippen MR) is 148 cm³/mol. The highest BCUT2D eigenvalue weighted by Crippen LogP contribution is 2.45. The van der Waals surface area contributed by atoms with Gasteiger partial charge in [0.1, 0.15) is 18.0 Å². The van der Waals surface area contributed by atoms with Gasteiger partial charge in [-0.25, -0.2) is 4.79 Å². The number of amides is 1. The van der Waals surface area contributed by atoms with Crippen LogP contribution < -0.4 is 4.74 Å². The maximum absolute atomic E-state index is 13.3. The molecule has 2 fully saturated rings. The van der Waals surface area contributed by atoms with Gasteiger partial charge in [-0.2, -0.15) is 0 Å². The zero-order valence-electron chi connectivity index (χ0n) is 22.4. The van der Waals surface area contributed by atoms with Gasteiger partial charge in [-0.15, -0.1) is 0 Å². The average molecular weight is 510 g/mol. The topological polar surface area (TPSA) is 55.8 Å². The SMILES string of the molecule is CC(C)(C)Oc1ccc(C(=O)C2CC3CCC(C2)N3C(=O)OCC2c3ccccc3-c3ccccc32)cc1. The molecule has 0 N–H and O–H groups in total. The zero-order chi connectivity index (χ0) is 26.4. The van der Waals surface area contributed by atoms with Gasteiger partial charge in [0, 0.05) is 29.5 Å². The summed E-state index contributed by atoms with van der Waals surface area (Å²) in [5, 5.41) is 0. The minimum Gasteiger partial charge on any atom is -0.488 e. The lowest BCUT2D eigenvalue weighted by molar-refractivity contribution is 0.0506. The zero-order valence-corrected chi connectivity index (χ0v) is 22.4. The molecule has 0 spiro atoms. The molecule has 2 unspecified atom stereocenters. The van der Waals surface area contributed by atoms with Gasteiger partial charge in [0.2, 0.25) is 0 Å². The molecule has 1 aliphatic carbocycles. The van der Waals surface area contributed by atoms with Crippen LogP contribution in [0.5, 0.6) is 5.75 Å². The van der Waals surface area contributed by atoms with E-state index in [1.165, 1.54) is 22.3 Å². The highest BCUT2D eigenvalue weighted by atomic mass is 16.6. The third-order valence-electron chi connectivity index (χ3n) is 8.21. The van der Waals surface area contributed by atoms with Crippen LogP contribution in [0.25, 0.3) is 11.1 Å². The number of nitrogens with zero attached hydrogens (tertiary/aromatic N) is 1. The van der Waals surface area contributed by atoms with Crippen molar-refractivity contribution in [1.29, 1.82) is 0 Å². The second-order valence-corrected chi connectivity index (χ2v) is 11.9. The minimum absolute atomic E-state index is 0.0494. The number of carbonyl (C=O) groups is 2. The Morgan fingerprint density at radius 2 is 1.37 bits per heavy atom. The minimum atomic E-state index is -0.281. The van der Waals surface area contributed by atoms with Gasteiger partial charge in [0.15, 0.2) is 5.78 Å². The van der Waals surface area contributed by atoms with Crippen LogP contribution in [0.4, 0.5) is 4.79 Å². The second kappa shape index (κ2) is 9.61. The van der Waals surface area contributed by atoms with Crippen molar-refractivity contribution in [2.75, 3.05) is 6.61 Å². The molecular formula is C33H35NO4. The monoisotopic (exact) mass is 509 g/mol. The summed E-state index contributed by atoms with van der Waals surface area (Å²) < 4.78 is 11.9. The summed E-state index contributed by atoms with van der Waals surface area (Å²) in [5.41, 5.74) is 5.31. The molecule has 6 rings (SSSR count). The van der Waals surface area contributed by atoms with E-state index in [0.29, 0.717) is 25.0 Å². The van der Waals surface area contributed by atoms with E-state index in [1.807, 2.05) is 62.1 Å². The van der Waals surface area contributed by atoms with Crippen LogP contribution in [-0.2, 0) is 4.74 Å². The normalized spacial score (nSPS) is 22.1. The van der Waals surface area contributed by atoms with E-state index in [0.717, 1.165) is 18.6 Å². The first-order valence-electron chi connectivity index (χ1n) is 13.7. The first-order valence-corrected chi connectivity index (χ1v) is 13.7. The Labute approximate surface area is 224 Å². The number of fused-ring (bicyclic) bond motifs is 5. The second-order valence-electron chi connectivity index (χ2n) is 11.9. The van der Waals surface area contributed by atoms with Crippen molar-refractivity contribution < 1.29 is 19.1 Å². The van der Waals surface area contributed by atoms with Crippen molar-refractivity contribution >= 4 is 11.9 Å². The number of carbonyl (C=O) groups excluding carboxylic acids is 2. The lowest BCUT2D eigenvalue weighted by Crippen LogP contribution is -2.48. The van der Waals surface area contributed by atoms with E-state index in [9.17, 15) is 9.59 Å². The number of piperidine rings is 1. The summed E-state index contributed by atoms with van der Waals surface area (Å²) in [6.45, 7) is 6.35. The summed E-state index contributed by atoms with van der Waals surface area (Å²) in [6.07, 6.45) is 3.00. The Balaban J connectivity index is 1.10. The fourth-order valence-electron chi connectivity index (χ4n) is 6.63. The number of benzene rings is 3. The largest absolute Gasteiger partial charge is 0.488 e. The Hall–Kier alpha value is -3.60. The number of hydrogen-bond donors (Lipinski definition) is 0. The van der Waals surface area contributed by atoms with Gasteiger partial charge < -0.3 is 14.4 Å². The number of rotatable bonds is 5. The average Bonchev–Trinajstić information content (AvgIpc) is 3.37. The molecule has 2 saturated heterocycles. The van der Waals surface area contributed by atoms with Gasteiger partial charge in [-0.05, 0) is 93.0 Å². The molecule has 5 heteroatoms. The fourth-order valence-corrected chi connectivity index (χ4v) is 6.63. The molecule has 2 heterocycles. The summed E-state index contributed by atoms with van der Waals surface area (Å²) in [6, 6.07) is 24.4. The van der Waals surface area contributed by atoms with Crippen LogP contribution in [0.15, 0.2) is 72.8 Å². The Morgan fingerprint density at radius 1 is 0.816 bits per heavy atom. The first kappa shape index (κ1) is 24.7. The van der Waals surface area contributed by atoms with Crippen molar-refractivity contribution in [1.82, 2.24) is 4.90 Å². The van der Waals surface area contributed by atoms with Crippen LogP contribution >= 0.6 is 0 Å². The van der Waals surface area contributed by atoms with Crippen LogP contribution in [0, 0.1) is 5.92 Å². The molecule has 0 aromatic heterocycles. The summed E-state index contributed by atoms with van der Waals surface area (Å²) in [5.74, 6) is 0.906. The molecule has 3 aromatic rings. The Kier molecular flexibility index (Phi) is 6.25. The highest BCUT2D eigenvalue weighted by Gasteiger charge is 2.46. The molecule has 38 heavy (non-hydrogen) atoms. The number of ketones is 1. The number of hydrogen-bond acceptors (Lipinski definition) is 4. The highest BCUT2D eigenvalue weighted by molar-refractivity contribution is 5.98. The summed E-state index contributed by atoms with van der Waals surface area (Å²) in [4.78, 5) is 28.6. The maximum atomic E-state index is 13.3. The molecule has 1 amide bonds. The molecule has 2 bridgehead atoms. The maximum Gasteiger partial charge on any atom is 0.410 e. The molecule has 3 aromatic carbocycles. The van der Waals surface area contributed by atoms with E-state index >= 15 is 0 Å². The van der Waals surface area contributed by atoms with Crippen LogP contribution in [0.3, 0.4) is 0 Å². The van der Waals surface area contributed by atoms with Crippen molar-refractivity contribution in [3.05, 3.63) is 89.5 Å². The molecule has 0 radical (unpaired) electrons. The standard InChI is InChI=1S/C33H35NO4/c1-33(2,3)38-25-16-12-21(13-17-25)31(35)22-18-23-14-15-24(19-22)34(23)32(36)37-20-30-28-10-6-4-8-26(28)27-9-5-7-11-29(27)30/h4-13,16-17,22-24,30H,14-15,18-20H2,1-3H3. The van der Waals surface area contributed by atoms with E-state index in [2.05, 4.69) is 36.4 Å². The van der Waals surface area contributed by atoms with E-state index in [4.69, 9.17) is 9.47 Å². The van der Waals surface area contributed by atoms with Crippen LogP contribution in [-0.4, -0.2) is 41.1 Å². The molecule has 5 nitrogen and oxygen atoms in total. The van der Waals surface area contributed by atoms with E-state index in [-0.39, 0.29) is 41.4 Å². The van der Waals surface area contributed by atoms with Crippen molar-refractivity contribution in [2.24, 2.45) is 5.92 Å². The fraction of sp³-hybridized carbons (Fsp3) is 0.394. The van der Waals surface area contributed by atoms with Crippen LogP contribution in [0.2, 0.25) is 0 Å². The lowest BCUT2D eigenvalue weighted by Gasteiger charge is -2.37. The smallest absolute Gasteiger partial charge is 0.410 e. The van der Waals surface area contributed by atoms with Crippen molar-refractivity contribution in [3.63, 3.8) is 0 Å². The third kappa shape index (κ3) is 4.59. The van der Waals surface area contributed by atoms with Crippen LogP contribution in [0.1, 0.15) is 73.9 Å². The molecule has 2 atom stereocenters. The summed E-state index contributed by atoms with van der Waals surface area (Å²) in [7, 11) is 0. The number of ether oxygens (including phenoxy) is 2.